The lowest BCUT2D eigenvalue weighted by atomic mass is 10.2. The molecule has 0 radical (unpaired) electrons. The zero-order valence-corrected chi connectivity index (χ0v) is 16.7. The number of hydrogen-bond acceptors (Lipinski definition) is 4. The van der Waals surface area contributed by atoms with Crippen LogP contribution in [0.15, 0.2) is 42.5 Å². The van der Waals surface area contributed by atoms with Gasteiger partial charge in [0.2, 0.25) is 5.91 Å². The summed E-state index contributed by atoms with van der Waals surface area (Å²) in [6.45, 7) is -1.78. The summed E-state index contributed by atoms with van der Waals surface area (Å²) in [6.07, 6.45) is 0. The second kappa shape index (κ2) is 10.2. The molecule has 0 N–H and O–H groups in total. The topological polar surface area (TPSA) is 42.0 Å². The minimum absolute atomic E-state index is 0.0728. The molecule has 28 heavy (non-hydrogen) atoms. The number of likely N-dealkylation sites (N-methyl/N-ethyl adjacent to an activating group) is 2. The van der Waals surface area contributed by atoms with E-state index in [2.05, 4.69) is 4.74 Å². The third-order valence-corrected chi connectivity index (χ3v) is 4.32. The first-order valence-corrected chi connectivity index (χ1v) is 8.95. The van der Waals surface area contributed by atoms with Crippen LogP contribution in [0.25, 0.3) is 0 Å². The van der Waals surface area contributed by atoms with Crippen molar-refractivity contribution in [3.05, 3.63) is 58.6 Å². The molecule has 2 rings (SSSR count). The van der Waals surface area contributed by atoms with E-state index < -0.39 is 6.61 Å². The maximum atomic E-state index is 12.5. The fourth-order valence-corrected chi connectivity index (χ4v) is 2.90. The number of nitrogens with zero attached hydrogens (tertiary/aromatic N) is 2. The van der Waals surface area contributed by atoms with Crippen LogP contribution >= 0.6 is 11.6 Å². The molecule has 8 heteroatoms. The summed E-state index contributed by atoms with van der Waals surface area (Å²) in [5, 5.41) is 0.604. The van der Waals surface area contributed by atoms with Crippen LogP contribution in [0.4, 0.5) is 8.78 Å². The molecule has 0 aromatic heterocycles. The molecule has 0 aliphatic carbocycles. The maximum absolute atomic E-state index is 12.5. The van der Waals surface area contributed by atoms with Gasteiger partial charge in [-0.05, 0) is 42.9 Å². The Balaban J connectivity index is 1.90. The van der Waals surface area contributed by atoms with Gasteiger partial charge in [0.15, 0.2) is 0 Å². The molecule has 0 atom stereocenters. The Morgan fingerprint density at radius 2 is 1.79 bits per heavy atom. The van der Waals surface area contributed by atoms with Gasteiger partial charge in [0.1, 0.15) is 11.5 Å². The number of carbonyl (C=O) groups is 1. The van der Waals surface area contributed by atoms with Crippen molar-refractivity contribution in [2.24, 2.45) is 0 Å². The van der Waals surface area contributed by atoms with Crippen LogP contribution in [0.1, 0.15) is 11.1 Å². The molecule has 5 nitrogen and oxygen atoms in total. The van der Waals surface area contributed by atoms with Gasteiger partial charge in [0.05, 0.1) is 13.7 Å². The van der Waals surface area contributed by atoms with Crippen LogP contribution in [0.3, 0.4) is 0 Å². The fraction of sp³-hybridized carbons (Fsp3) is 0.350. The predicted octanol–water partition coefficient (Wildman–Crippen LogP) is 4.04. The highest BCUT2D eigenvalue weighted by atomic mass is 35.5. The zero-order valence-electron chi connectivity index (χ0n) is 16.0. The number of amides is 1. The lowest BCUT2D eigenvalue weighted by molar-refractivity contribution is -0.131. The van der Waals surface area contributed by atoms with E-state index >= 15 is 0 Å². The summed E-state index contributed by atoms with van der Waals surface area (Å²) in [4.78, 5) is 15.9. The molecule has 152 valence electrons. The molecular formula is C20H23ClF2N2O3. The van der Waals surface area contributed by atoms with E-state index in [9.17, 15) is 13.6 Å². The standard InChI is InChI=1S/C20H23ClF2N2O3/c1-24(12-15-10-16(21)6-9-18(15)27-3)13-19(26)25(2)11-14-4-7-17(8-5-14)28-20(22)23/h4-10,20H,11-13H2,1-3H3. The number of ether oxygens (including phenoxy) is 2. The highest BCUT2D eigenvalue weighted by Gasteiger charge is 2.14. The molecule has 2 aromatic rings. The number of methoxy groups -OCH3 is 1. The molecule has 0 aliphatic rings. The molecule has 2 aromatic carbocycles. The molecular weight excluding hydrogens is 390 g/mol. The van der Waals surface area contributed by atoms with Crippen molar-refractivity contribution in [2.75, 3.05) is 27.7 Å². The van der Waals surface area contributed by atoms with Crippen LogP contribution in [-0.2, 0) is 17.9 Å². The molecule has 0 spiro atoms. The zero-order chi connectivity index (χ0) is 20.7. The Hall–Kier alpha value is -2.38. The molecule has 0 heterocycles. The Bertz CT molecular complexity index is 788. The molecule has 0 saturated heterocycles. The molecule has 0 unspecified atom stereocenters. The average molecular weight is 413 g/mol. The lowest BCUT2D eigenvalue weighted by Gasteiger charge is -2.23. The predicted molar refractivity (Wildman–Crippen MR) is 104 cm³/mol. The van der Waals surface area contributed by atoms with E-state index in [0.29, 0.717) is 23.9 Å². The van der Waals surface area contributed by atoms with Crippen molar-refractivity contribution in [1.29, 1.82) is 0 Å². The van der Waals surface area contributed by atoms with Crippen molar-refractivity contribution in [2.45, 2.75) is 19.7 Å². The van der Waals surface area contributed by atoms with E-state index in [4.69, 9.17) is 16.3 Å². The molecule has 1 amide bonds. The molecule has 0 fully saturated rings. The number of benzene rings is 2. The average Bonchev–Trinajstić information content (AvgIpc) is 2.63. The Morgan fingerprint density at radius 3 is 2.39 bits per heavy atom. The molecule has 0 bridgehead atoms. The summed E-state index contributed by atoms with van der Waals surface area (Å²) < 4.78 is 34.0. The number of alkyl halides is 2. The first kappa shape index (κ1) is 21.9. The van der Waals surface area contributed by atoms with Crippen LogP contribution in [0.2, 0.25) is 5.02 Å². The highest BCUT2D eigenvalue weighted by molar-refractivity contribution is 6.30. The largest absolute Gasteiger partial charge is 0.496 e. The number of rotatable bonds is 9. The number of halogens is 3. The van der Waals surface area contributed by atoms with E-state index in [1.807, 2.05) is 18.0 Å². The molecule has 0 aliphatic heterocycles. The smallest absolute Gasteiger partial charge is 0.387 e. The van der Waals surface area contributed by atoms with Gasteiger partial charge in [0.25, 0.3) is 0 Å². The Labute approximate surface area is 168 Å². The summed E-state index contributed by atoms with van der Waals surface area (Å²) in [7, 11) is 5.12. The maximum Gasteiger partial charge on any atom is 0.387 e. The number of hydrogen-bond donors (Lipinski definition) is 0. The third-order valence-electron chi connectivity index (χ3n) is 4.08. The van der Waals surface area contributed by atoms with Gasteiger partial charge in [-0.15, -0.1) is 0 Å². The van der Waals surface area contributed by atoms with Crippen molar-refractivity contribution >= 4 is 17.5 Å². The van der Waals surface area contributed by atoms with E-state index in [-0.39, 0.29) is 18.2 Å². The first-order valence-electron chi connectivity index (χ1n) is 8.57. The fourth-order valence-electron chi connectivity index (χ4n) is 2.71. The van der Waals surface area contributed by atoms with Crippen LogP contribution in [0.5, 0.6) is 11.5 Å². The van der Waals surface area contributed by atoms with Gasteiger partial charge >= 0.3 is 6.61 Å². The van der Waals surface area contributed by atoms with Gasteiger partial charge in [-0.3, -0.25) is 9.69 Å². The van der Waals surface area contributed by atoms with E-state index in [1.54, 1.807) is 43.3 Å². The normalized spacial score (nSPS) is 11.0. The minimum Gasteiger partial charge on any atom is -0.496 e. The lowest BCUT2D eigenvalue weighted by Crippen LogP contribution is -2.36. The van der Waals surface area contributed by atoms with Gasteiger partial charge in [-0.25, -0.2) is 0 Å². The van der Waals surface area contributed by atoms with Gasteiger partial charge in [0, 0.05) is 30.7 Å². The second-order valence-corrected chi connectivity index (χ2v) is 6.84. The third kappa shape index (κ3) is 6.65. The summed E-state index contributed by atoms with van der Waals surface area (Å²) in [6, 6.07) is 11.6. The Morgan fingerprint density at radius 1 is 1.11 bits per heavy atom. The highest BCUT2D eigenvalue weighted by Crippen LogP contribution is 2.23. The van der Waals surface area contributed by atoms with Crippen molar-refractivity contribution < 1.29 is 23.0 Å². The van der Waals surface area contributed by atoms with Crippen LogP contribution in [-0.4, -0.2) is 50.1 Å². The van der Waals surface area contributed by atoms with Gasteiger partial charge < -0.3 is 14.4 Å². The quantitative estimate of drug-likeness (QED) is 0.623. The van der Waals surface area contributed by atoms with E-state index in [1.165, 1.54) is 12.1 Å². The van der Waals surface area contributed by atoms with Crippen molar-refractivity contribution in [1.82, 2.24) is 9.80 Å². The second-order valence-electron chi connectivity index (χ2n) is 6.40. The number of carbonyl (C=O) groups excluding carboxylic acids is 1. The summed E-state index contributed by atoms with van der Waals surface area (Å²) in [5.74, 6) is 0.725. The Kier molecular flexibility index (Phi) is 8.02. The van der Waals surface area contributed by atoms with Crippen LogP contribution in [0, 0.1) is 0 Å². The molecule has 0 saturated carbocycles. The first-order chi connectivity index (χ1) is 13.3. The van der Waals surface area contributed by atoms with E-state index in [0.717, 1.165) is 11.1 Å². The van der Waals surface area contributed by atoms with Gasteiger partial charge in [-0.2, -0.15) is 8.78 Å². The van der Waals surface area contributed by atoms with Crippen molar-refractivity contribution in [3.63, 3.8) is 0 Å². The summed E-state index contributed by atoms with van der Waals surface area (Å²) in [5.41, 5.74) is 1.71. The minimum atomic E-state index is -2.86. The summed E-state index contributed by atoms with van der Waals surface area (Å²) >= 11 is 6.04. The SMILES string of the molecule is COc1ccc(Cl)cc1CN(C)CC(=O)N(C)Cc1ccc(OC(F)F)cc1. The van der Waals surface area contributed by atoms with Crippen molar-refractivity contribution in [3.8, 4) is 11.5 Å². The van der Waals surface area contributed by atoms with Crippen LogP contribution < -0.4 is 9.47 Å². The van der Waals surface area contributed by atoms with Gasteiger partial charge in [-0.1, -0.05) is 23.7 Å². The monoisotopic (exact) mass is 412 g/mol.